The van der Waals surface area contributed by atoms with Crippen molar-refractivity contribution in [3.8, 4) is 5.75 Å². The van der Waals surface area contributed by atoms with Crippen molar-refractivity contribution in [1.82, 2.24) is 10.6 Å². The number of alkyl halides is 2. The molecule has 1 heterocycles. The highest BCUT2D eigenvalue weighted by Gasteiger charge is 2.09. The van der Waals surface area contributed by atoms with Crippen LogP contribution in [0.5, 0.6) is 5.75 Å². The van der Waals surface area contributed by atoms with Crippen molar-refractivity contribution < 1.29 is 23.0 Å². The number of benzene rings is 1. The molecule has 1 atom stereocenters. The number of aliphatic imine (C=N–C) groups is 1. The van der Waals surface area contributed by atoms with Gasteiger partial charge in [0.15, 0.2) is 5.96 Å². The molecule has 2 aromatic rings. The predicted octanol–water partition coefficient (Wildman–Crippen LogP) is 3.50. The Bertz CT molecular complexity index is 710. The lowest BCUT2D eigenvalue weighted by molar-refractivity contribution is -0.0498. The summed E-state index contributed by atoms with van der Waals surface area (Å²) in [5, 5.41) is 16.5. The second kappa shape index (κ2) is 13.1. The van der Waals surface area contributed by atoms with Crippen LogP contribution >= 0.6 is 24.0 Å². The molecule has 0 amide bonds. The number of hydrogen-bond donors (Lipinski definition) is 3. The van der Waals surface area contributed by atoms with Gasteiger partial charge in [0, 0.05) is 19.5 Å². The topological polar surface area (TPSA) is 79.0 Å². The van der Waals surface area contributed by atoms with Gasteiger partial charge in [0.1, 0.15) is 11.5 Å². The van der Waals surface area contributed by atoms with Crippen LogP contribution in [0.2, 0.25) is 0 Å². The number of halogens is 3. The first-order chi connectivity index (χ1) is 13.1. The third-order valence-corrected chi connectivity index (χ3v) is 3.57. The number of aliphatic hydroxyl groups is 1. The summed E-state index contributed by atoms with van der Waals surface area (Å²) < 4.78 is 33.9. The lowest BCUT2D eigenvalue weighted by Gasteiger charge is -2.13. The quantitative estimate of drug-likeness (QED) is 0.199. The van der Waals surface area contributed by atoms with Crippen LogP contribution in [0.3, 0.4) is 0 Å². The molecule has 6 nitrogen and oxygen atoms in total. The zero-order valence-corrected chi connectivity index (χ0v) is 17.5. The van der Waals surface area contributed by atoms with Crippen molar-refractivity contribution >= 4 is 29.9 Å². The summed E-state index contributed by atoms with van der Waals surface area (Å²) in [4.78, 5) is 4.34. The van der Waals surface area contributed by atoms with Crippen LogP contribution in [0.4, 0.5) is 8.78 Å². The molecule has 3 N–H and O–H groups in total. The van der Waals surface area contributed by atoms with Gasteiger partial charge in [0.05, 0.1) is 18.9 Å². The molecule has 9 heteroatoms. The van der Waals surface area contributed by atoms with E-state index in [2.05, 4.69) is 26.9 Å². The molecule has 0 radical (unpaired) electrons. The number of nitrogens with one attached hydrogen (secondary N) is 2. The van der Waals surface area contributed by atoms with Crippen LogP contribution in [0.25, 0.3) is 0 Å². The minimum Gasteiger partial charge on any atom is -0.469 e. The zero-order valence-electron chi connectivity index (χ0n) is 15.2. The average molecular weight is 507 g/mol. The maximum absolute atomic E-state index is 12.2. The van der Waals surface area contributed by atoms with E-state index in [1.54, 1.807) is 12.3 Å². The van der Waals surface area contributed by atoms with Gasteiger partial charge in [-0.3, -0.25) is 4.99 Å². The Hall–Kier alpha value is -2.14. The van der Waals surface area contributed by atoms with Gasteiger partial charge < -0.3 is 24.9 Å². The van der Waals surface area contributed by atoms with E-state index in [0.717, 1.165) is 5.76 Å². The maximum atomic E-state index is 12.2. The number of furan rings is 1. The highest BCUT2D eigenvalue weighted by molar-refractivity contribution is 14.0. The van der Waals surface area contributed by atoms with Gasteiger partial charge in [-0.2, -0.15) is 8.78 Å². The van der Waals surface area contributed by atoms with Crippen molar-refractivity contribution in [2.24, 2.45) is 4.99 Å². The van der Waals surface area contributed by atoms with Crippen molar-refractivity contribution in [2.75, 3.05) is 19.6 Å². The molecule has 0 aliphatic heterocycles. The first-order valence-electron chi connectivity index (χ1n) is 8.46. The van der Waals surface area contributed by atoms with E-state index in [1.807, 2.05) is 12.1 Å². The standard InChI is InChI=1S/C19H23F2N3O3.HI/c1-2-10-22-19(23-11-9-15-4-3-12-26-15)24-13-17(25)14-5-7-16(8-6-14)27-18(20)21;/h2-8,12,17-18,25H,1,9-11,13H2,(H2,22,23,24);1H. The molecule has 1 aromatic heterocycles. The molecule has 28 heavy (non-hydrogen) atoms. The molecule has 2 rings (SSSR count). The van der Waals surface area contributed by atoms with Gasteiger partial charge in [-0.05, 0) is 29.8 Å². The molecule has 0 saturated heterocycles. The number of rotatable bonds is 10. The van der Waals surface area contributed by atoms with Gasteiger partial charge in [-0.25, -0.2) is 0 Å². The van der Waals surface area contributed by atoms with Crippen LogP contribution in [0, 0.1) is 0 Å². The molecular formula is C19H24F2IN3O3. The number of nitrogens with zero attached hydrogens (tertiary/aromatic N) is 1. The van der Waals surface area contributed by atoms with Crippen LogP contribution in [-0.4, -0.2) is 37.3 Å². The Morgan fingerprint density at radius 2 is 2.00 bits per heavy atom. The minimum atomic E-state index is -2.88. The van der Waals surface area contributed by atoms with Gasteiger partial charge in [-0.1, -0.05) is 18.2 Å². The first kappa shape index (κ1) is 23.9. The Labute approximate surface area is 179 Å². The van der Waals surface area contributed by atoms with E-state index in [4.69, 9.17) is 4.42 Å². The molecule has 1 aromatic carbocycles. The van der Waals surface area contributed by atoms with E-state index in [9.17, 15) is 13.9 Å². The van der Waals surface area contributed by atoms with E-state index in [0.29, 0.717) is 31.0 Å². The average Bonchev–Trinajstić information content (AvgIpc) is 3.17. The lowest BCUT2D eigenvalue weighted by Crippen LogP contribution is -2.38. The summed E-state index contributed by atoms with van der Waals surface area (Å²) in [6.45, 7) is 1.99. The molecular weight excluding hydrogens is 483 g/mol. The van der Waals surface area contributed by atoms with Gasteiger partial charge in [0.25, 0.3) is 0 Å². The number of aliphatic hydroxyl groups excluding tert-OH is 1. The summed E-state index contributed by atoms with van der Waals surface area (Å²) in [7, 11) is 0. The summed E-state index contributed by atoms with van der Waals surface area (Å²) in [6.07, 6.45) is 3.13. The largest absolute Gasteiger partial charge is 0.469 e. The fourth-order valence-corrected chi connectivity index (χ4v) is 2.26. The highest BCUT2D eigenvalue weighted by Crippen LogP contribution is 2.19. The third kappa shape index (κ3) is 8.70. The van der Waals surface area contributed by atoms with Gasteiger partial charge in [-0.15, -0.1) is 30.6 Å². The van der Waals surface area contributed by atoms with Crippen molar-refractivity contribution in [3.05, 3.63) is 66.6 Å². The molecule has 0 fully saturated rings. The molecule has 0 spiro atoms. The monoisotopic (exact) mass is 507 g/mol. The van der Waals surface area contributed by atoms with Crippen molar-refractivity contribution in [2.45, 2.75) is 19.1 Å². The van der Waals surface area contributed by atoms with Gasteiger partial charge >= 0.3 is 6.61 Å². The fraction of sp³-hybridized carbons (Fsp3) is 0.316. The van der Waals surface area contributed by atoms with E-state index in [1.165, 1.54) is 24.3 Å². The molecule has 0 aliphatic rings. The molecule has 154 valence electrons. The smallest absolute Gasteiger partial charge is 0.387 e. The number of guanidine groups is 1. The van der Waals surface area contributed by atoms with Gasteiger partial charge in [0.2, 0.25) is 0 Å². The predicted molar refractivity (Wildman–Crippen MR) is 114 cm³/mol. The Kier molecular flexibility index (Phi) is 11.2. The second-order valence-electron chi connectivity index (χ2n) is 5.58. The first-order valence-corrected chi connectivity index (χ1v) is 8.46. The van der Waals surface area contributed by atoms with Crippen LogP contribution in [-0.2, 0) is 6.42 Å². The Morgan fingerprint density at radius 3 is 2.61 bits per heavy atom. The van der Waals surface area contributed by atoms with Crippen LogP contribution in [0.15, 0.2) is 64.7 Å². The number of hydrogen-bond acceptors (Lipinski definition) is 4. The van der Waals surface area contributed by atoms with E-state index in [-0.39, 0.29) is 36.3 Å². The summed E-state index contributed by atoms with van der Waals surface area (Å²) in [6, 6.07) is 9.53. The maximum Gasteiger partial charge on any atom is 0.387 e. The summed E-state index contributed by atoms with van der Waals surface area (Å²) in [5.74, 6) is 1.42. The lowest BCUT2D eigenvalue weighted by atomic mass is 10.1. The fourth-order valence-electron chi connectivity index (χ4n) is 2.26. The van der Waals surface area contributed by atoms with Crippen LogP contribution in [0.1, 0.15) is 17.4 Å². The normalized spacial score (nSPS) is 12.2. The Morgan fingerprint density at radius 1 is 1.25 bits per heavy atom. The molecule has 0 bridgehead atoms. The molecule has 1 unspecified atom stereocenters. The van der Waals surface area contributed by atoms with Crippen molar-refractivity contribution in [1.29, 1.82) is 0 Å². The molecule has 0 saturated carbocycles. The van der Waals surface area contributed by atoms with E-state index >= 15 is 0 Å². The van der Waals surface area contributed by atoms with E-state index < -0.39 is 12.7 Å². The third-order valence-electron chi connectivity index (χ3n) is 3.57. The zero-order chi connectivity index (χ0) is 19.5. The molecule has 0 aliphatic carbocycles. The summed E-state index contributed by atoms with van der Waals surface area (Å²) >= 11 is 0. The second-order valence-corrected chi connectivity index (χ2v) is 5.58. The van der Waals surface area contributed by atoms with Crippen molar-refractivity contribution in [3.63, 3.8) is 0 Å². The SMILES string of the molecule is C=CCNC(=NCC(O)c1ccc(OC(F)F)cc1)NCCc1ccco1.I. The highest BCUT2D eigenvalue weighted by atomic mass is 127. The van der Waals surface area contributed by atoms with Crippen LogP contribution < -0.4 is 15.4 Å². The minimum absolute atomic E-state index is 0. The Balaban J connectivity index is 0.00000392. The summed E-state index contributed by atoms with van der Waals surface area (Å²) in [5.41, 5.74) is 0.555. The number of ether oxygens (including phenoxy) is 1.